The Labute approximate surface area is 172 Å². The standard InChI is InChI=1S/C21H32N4O4/c1-14(2)9-20(25-5-7-29-8-6-25)13-22-21(28)17-10-18(23-15(3)26)12-19(11-17)24-16(4)27/h10-12,14,20H,5-9,13H2,1-4H3,(H,22,28)(H,23,26)(H,24,27). The molecule has 1 saturated heterocycles. The van der Waals surface area contributed by atoms with Gasteiger partial charge in [-0.05, 0) is 30.5 Å². The molecule has 3 N–H and O–H groups in total. The first-order valence-electron chi connectivity index (χ1n) is 10.0. The number of morpholine rings is 1. The molecule has 0 bridgehead atoms. The van der Waals surface area contributed by atoms with Crippen LogP contribution in [0.15, 0.2) is 18.2 Å². The lowest BCUT2D eigenvalue weighted by atomic mass is 10.0. The molecule has 1 atom stereocenters. The molecule has 1 aromatic rings. The number of amides is 3. The summed E-state index contributed by atoms with van der Waals surface area (Å²) in [5, 5.41) is 8.34. The molecule has 1 aliphatic rings. The first-order valence-corrected chi connectivity index (χ1v) is 10.0. The Kier molecular flexibility index (Phi) is 8.60. The zero-order valence-corrected chi connectivity index (χ0v) is 17.7. The minimum absolute atomic E-state index is 0.233. The van der Waals surface area contributed by atoms with Crippen LogP contribution >= 0.6 is 0 Å². The van der Waals surface area contributed by atoms with Crippen LogP contribution in [0.3, 0.4) is 0 Å². The molecule has 3 amide bonds. The summed E-state index contributed by atoms with van der Waals surface area (Å²) in [6, 6.07) is 5.06. The normalized spacial score (nSPS) is 15.6. The maximum atomic E-state index is 12.8. The fraction of sp³-hybridized carbons (Fsp3) is 0.571. The van der Waals surface area contributed by atoms with Crippen molar-refractivity contribution in [2.45, 2.75) is 40.2 Å². The van der Waals surface area contributed by atoms with E-state index in [-0.39, 0.29) is 23.8 Å². The second-order valence-electron chi connectivity index (χ2n) is 7.80. The van der Waals surface area contributed by atoms with E-state index in [2.05, 4.69) is 34.7 Å². The van der Waals surface area contributed by atoms with Gasteiger partial charge in [-0.25, -0.2) is 0 Å². The van der Waals surface area contributed by atoms with Crippen LogP contribution in [0.25, 0.3) is 0 Å². The molecule has 0 radical (unpaired) electrons. The minimum atomic E-state index is -0.249. The second-order valence-corrected chi connectivity index (χ2v) is 7.80. The highest BCUT2D eigenvalue weighted by Gasteiger charge is 2.23. The van der Waals surface area contributed by atoms with Gasteiger partial charge >= 0.3 is 0 Å². The monoisotopic (exact) mass is 404 g/mol. The van der Waals surface area contributed by atoms with E-state index in [1.165, 1.54) is 13.8 Å². The molecule has 2 rings (SSSR count). The number of nitrogens with zero attached hydrogens (tertiary/aromatic N) is 1. The summed E-state index contributed by atoms with van der Waals surface area (Å²) >= 11 is 0. The van der Waals surface area contributed by atoms with Gasteiger partial charge in [-0.3, -0.25) is 19.3 Å². The number of anilines is 2. The first-order chi connectivity index (χ1) is 13.7. The van der Waals surface area contributed by atoms with E-state index in [0.717, 1.165) is 19.5 Å². The van der Waals surface area contributed by atoms with Crippen molar-refractivity contribution in [2.75, 3.05) is 43.5 Å². The van der Waals surface area contributed by atoms with Gasteiger partial charge in [0.15, 0.2) is 0 Å². The Bertz CT molecular complexity index is 695. The van der Waals surface area contributed by atoms with Crippen LogP contribution in [-0.2, 0) is 14.3 Å². The van der Waals surface area contributed by atoms with Crippen molar-refractivity contribution < 1.29 is 19.1 Å². The van der Waals surface area contributed by atoms with Crippen LogP contribution in [0.2, 0.25) is 0 Å². The van der Waals surface area contributed by atoms with Gasteiger partial charge in [-0.15, -0.1) is 0 Å². The lowest BCUT2D eigenvalue weighted by Crippen LogP contribution is -2.49. The van der Waals surface area contributed by atoms with Crippen LogP contribution in [0.1, 0.15) is 44.5 Å². The Morgan fingerprint density at radius 1 is 1.00 bits per heavy atom. The zero-order chi connectivity index (χ0) is 21.4. The van der Waals surface area contributed by atoms with Crippen molar-refractivity contribution in [1.29, 1.82) is 0 Å². The quantitative estimate of drug-likeness (QED) is 0.616. The zero-order valence-electron chi connectivity index (χ0n) is 17.7. The van der Waals surface area contributed by atoms with Crippen molar-refractivity contribution >= 4 is 29.1 Å². The molecule has 1 aliphatic heterocycles. The van der Waals surface area contributed by atoms with E-state index in [1.54, 1.807) is 18.2 Å². The van der Waals surface area contributed by atoms with Gasteiger partial charge in [0, 0.05) is 56.5 Å². The Morgan fingerprint density at radius 3 is 2.03 bits per heavy atom. The maximum Gasteiger partial charge on any atom is 0.251 e. The number of hydrogen-bond donors (Lipinski definition) is 3. The number of benzene rings is 1. The largest absolute Gasteiger partial charge is 0.379 e. The number of hydrogen-bond acceptors (Lipinski definition) is 5. The highest BCUT2D eigenvalue weighted by molar-refractivity contribution is 5.99. The summed E-state index contributed by atoms with van der Waals surface area (Å²) in [5.74, 6) is -0.235. The van der Waals surface area contributed by atoms with Crippen LogP contribution in [-0.4, -0.2) is 61.5 Å². The summed E-state index contributed by atoms with van der Waals surface area (Å²) < 4.78 is 5.44. The predicted molar refractivity (Wildman–Crippen MR) is 113 cm³/mol. The number of ether oxygens (including phenoxy) is 1. The third kappa shape index (κ3) is 7.83. The molecule has 160 valence electrons. The molecule has 0 aliphatic carbocycles. The molecule has 0 saturated carbocycles. The van der Waals surface area contributed by atoms with Gasteiger partial charge in [0.25, 0.3) is 5.91 Å². The van der Waals surface area contributed by atoms with Gasteiger partial charge < -0.3 is 20.7 Å². The fourth-order valence-electron chi connectivity index (χ4n) is 3.47. The summed E-state index contributed by atoms with van der Waals surface area (Å²) in [6.45, 7) is 10.8. The van der Waals surface area contributed by atoms with E-state index in [1.807, 2.05) is 0 Å². The van der Waals surface area contributed by atoms with Gasteiger partial charge in [0.2, 0.25) is 11.8 Å². The van der Waals surface area contributed by atoms with Crippen LogP contribution in [0.5, 0.6) is 0 Å². The third-order valence-electron chi connectivity index (χ3n) is 4.64. The summed E-state index contributed by atoms with van der Waals surface area (Å²) in [7, 11) is 0. The number of carbonyl (C=O) groups is 3. The van der Waals surface area contributed by atoms with Gasteiger partial charge in [0.05, 0.1) is 13.2 Å². The number of carbonyl (C=O) groups excluding carboxylic acids is 3. The van der Waals surface area contributed by atoms with E-state index in [0.29, 0.717) is 42.6 Å². The smallest absolute Gasteiger partial charge is 0.251 e. The van der Waals surface area contributed by atoms with Crippen LogP contribution < -0.4 is 16.0 Å². The molecule has 0 spiro atoms. The molecule has 8 nitrogen and oxygen atoms in total. The van der Waals surface area contributed by atoms with E-state index >= 15 is 0 Å². The average Bonchev–Trinajstić information content (AvgIpc) is 2.64. The van der Waals surface area contributed by atoms with Crippen molar-refractivity contribution in [3.63, 3.8) is 0 Å². The lowest BCUT2D eigenvalue weighted by Gasteiger charge is -2.35. The van der Waals surface area contributed by atoms with Crippen LogP contribution in [0.4, 0.5) is 11.4 Å². The number of nitrogens with one attached hydrogen (secondary N) is 3. The predicted octanol–water partition coefficient (Wildman–Crippen LogP) is 2.08. The summed E-state index contributed by atoms with van der Waals surface area (Å²) in [4.78, 5) is 38.0. The van der Waals surface area contributed by atoms with Crippen molar-refractivity contribution in [3.05, 3.63) is 23.8 Å². The molecule has 1 fully saturated rings. The van der Waals surface area contributed by atoms with Gasteiger partial charge in [-0.1, -0.05) is 13.8 Å². The lowest BCUT2D eigenvalue weighted by molar-refractivity contribution is -0.115. The highest BCUT2D eigenvalue weighted by Crippen LogP contribution is 2.20. The first kappa shape index (κ1) is 22.8. The Hall–Kier alpha value is -2.45. The van der Waals surface area contributed by atoms with E-state index < -0.39 is 0 Å². The molecule has 1 unspecified atom stereocenters. The van der Waals surface area contributed by atoms with Gasteiger partial charge in [0.1, 0.15) is 0 Å². The third-order valence-corrected chi connectivity index (χ3v) is 4.64. The average molecular weight is 405 g/mol. The molecule has 1 aromatic carbocycles. The topological polar surface area (TPSA) is 99.8 Å². The van der Waals surface area contributed by atoms with E-state index in [9.17, 15) is 14.4 Å². The summed E-state index contributed by atoms with van der Waals surface area (Å²) in [6.07, 6.45) is 0.976. The summed E-state index contributed by atoms with van der Waals surface area (Å²) in [5.41, 5.74) is 1.30. The molecular weight excluding hydrogens is 372 g/mol. The SMILES string of the molecule is CC(=O)Nc1cc(NC(C)=O)cc(C(=O)NCC(CC(C)C)N2CCOCC2)c1. The molecule has 29 heavy (non-hydrogen) atoms. The highest BCUT2D eigenvalue weighted by atomic mass is 16.5. The molecule has 0 aromatic heterocycles. The Morgan fingerprint density at radius 2 is 1.55 bits per heavy atom. The van der Waals surface area contributed by atoms with Crippen LogP contribution in [0, 0.1) is 5.92 Å². The van der Waals surface area contributed by atoms with Gasteiger partial charge in [-0.2, -0.15) is 0 Å². The fourth-order valence-corrected chi connectivity index (χ4v) is 3.47. The van der Waals surface area contributed by atoms with Crippen molar-refractivity contribution in [2.24, 2.45) is 5.92 Å². The number of rotatable bonds is 8. The molecular formula is C21H32N4O4. The van der Waals surface area contributed by atoms with Crippen molar-refractivity contribution in [3.8, 4) is 0 Å². The maximum absolute atomic E-state index is 12.8. The molecule has 1 heterocycles. The minimum Gasteiger partial charge on any atom is -0.379 e. The Balaban J connectivity index is 2.12. The molecule has 8 heteroatoms. The van der Waals surface area contributed by atoms with E-state index in [4.69, 9.17) is 4.74 Å². The van der Waals surface area contributed by atoms with Crippen molar-refractivity contribution in [1.82, 2.24) is 10.2 Å². The second kappa shape index (κ2) is 10.9.